The smallest absolute Gasteiger partial charge is 0.161 e. The summed E-state index contributed by atoms with van der Waals surface area (Å²) in [5.41, 5.74) is 1.11. The number of anilines is 1. The van der Waals surface area contributed by atoms with Crippen molar-refractivity contribution in [2.45, 2.75) is 18.1 Å². The summed E-state index contributed by atoms with van der Waals surface area (Å²) in [6, 6.07) is 8.21. The molecule has 4 heteroatoms. The predicted octanol–water partition coefficient (Wildman–Crippen LogP) is 3.74. The Morgan fingerprint density at radius 1 is 1.38 bits per heavy atom. The van der Waals surface area contributed by atoms with Crippen LogP contribution in [0.15, 0.2) is 33.7 Å². The first-order valence-corrected chi connectivity index (χ1v) is 7.22. The second-order valence-electron chi connectivity index (χ2n) is 4.27. The molecule has 1 aromatic rings. The van der Waals surface area contributed by atoms with Crippen molar-refractivity contribution in [1.29, 1.82) is 0 Å². The van der Waals surface area contributed by atoms with Gasteiger partial charge in [-0.05, 0) is 37.0 Å². The van der Waals surface area contributed by atoms with E-state index in [1.54, 1.807) is 0 Å². The second kappa shape index (κ2) is 4.41. The minimum absolute atomic E-state index is 0.731. The van der Waals surface area contributed by atoms with Gasteiger partial charge in [0.1, 0.15) is 0 Å². The van der Waals surface area contributed by atoms with Gasteiger partial charge in [-0.15, -0.1) is 0 Å². The van der Waals surface area contributed by atoms with Gasteiger partial charge in [0.05, 0.1) is 6.54 Å². The molecule has 2 aliphatic rings. The van der Waals surface area contributed by atoms with E-state index in [1.807, 2.05) is 23.9 Å². The number of halogens is 1. The molecule has 1 N–H and O–H groups in total. The third-order valence-corrected chi connectivity index (χ3v) is 4.69. The Kier molecular flexibility index (Phi) is 2.94. The van der Waals surface area contributed by atoms with Crippen molar-refractivity contribution in [2.75, 3.05) is 11.9 Å². The van der Waals surface area contributed by atoms with Crippen molar-refractivity contribution < 1.29 is 0 Å². The first-order chi connectivity index (χ1) is 7.81. The van der Waals surface area contributed by atoms with Crippen LogP contribution in [0.4, 0.5) is 5.69 Å². The summed E-state index contributed by atoms with van der Waals surface area (Å²) in [6.07, 6.45) is 2.80. The number of nitrogens with zero attached hydrogens (tertiary/aromatic N) is 1. The molecule has 1 unspecified atom stereocenters. The Balaban J connectivity index is 1.63. The zero-order valence-corrected chi connectivity index (χ0v) is 11.2. The Bertz CT molecular complexity index is 429. The highest BCUT2D eigenvalue weighted by atomic mass is 79.9. The number of rotatable bonds is 2. The largest absolute Gasteiger partial charge is 0.335 e. The maximum atomic E-state index is 4.56. The van der Waals surface area contributed by atoms with Crippen molar-refractivity contribution in [3.8, 4) is 0 Å². The fraction of sp³-hybridized carbons (Fsp3) is 0.417. The highest BCUT2D eigenvalue weighted by molar-refractivity contribution is 9.10. The van der Waals surface area contributed by atoms with Crippen LogP contribution < -0.4 is 5.32 Å². The standard InChI is InChI=1S/C12H13BrN2S/c13-9-2-1-3-10(6-9)15-12-14-7-11(16-12)8-4-5-8/h1-3,6,8,11H,4-5,7H2,(H,14,15). The average Bonchev–Trinajstić information content (AvgIpc) is 3.01. The predicted molar refractivity (Wildman–Crippen MR) is 74.2 cm³/mol. The van der Waals surface area contributed by atoms with Crippen molar-refractivity contribution >= 4 is 38.5 Å². The van der Waals surface area contributed by atoms with Gasteiger partial charge in [-0.1, -0.05) is 33.8 Å². The summed E-state index contributed by atoms with van der Waals surface area (Å²) in [7, 11) is 0. The summed E-state index contributed by atoms with van der Waals surface area (Å²) >= 11 is 5.38. The molecular formula is C12H13BrN2S. The van der Waals surface area contributed by atoms with Gasteiger partial charge in [-0.25, -0.2) is 0 Å². The van der Waals surface area contributed by atoms with Gasteiger partial charge in [-0.3, -0.25) is 4.99 Å². The van der Waals surface area contributed by atoms with E-state index in [9.17, 15) is 0 Å². The number of amidine groups is 1. The van der Waals surface area contributed by atoms with Gasteiger partial charge < -0.3 is 5.32 Å². The van der Waals surface area contributed by atoms with Gasteiger partial charge in [0.15, 0.2) is 5.17 Å². The Hall–Kier alpha value is -0.480. The normalized spacial score (nSPS) is 24.3. The molecule has 0 radical (unpaired) electrons. The van der Waals surface area contributed by atoms with E-state index in [-0.39, 0.29) is 0 Å². The molecule has 1 saturated carbocycles. The average molecular weight is 297 g/mol. The maximum absolute atomic E-state index is 4.56. The lowest BCUT2D eigenvalue weighted by Gasteiger charge is -2.07. The highest BCUT2D eigenvalue weighted by Gasteiger charge is 2.35. The third kappa shape index (κ3) is 2.43. The van der Waals surface area contributed by atoms with Gasteiger partial charge in [-0.2, -0.15) is 0 Å². The quantitative estimate of drug-likeness (QED) is 0.899. The summed E-state index contributed by atoms with van der Waals surface area (Å²) in [5, 5.41) is 5.19. The topological polar surface area (TPSA) is 24.4 Å². The maximum Gasteiger partial charge on any atom is 0.161 e. The molecule has 1 aliphatic heterocycles. The zero-order valence-electron chi connectivity index (χ0n) is 8.82. The van der Waals surface area contributed by atoms with E-state index >= 15 is 0 Å². The SMILES string of the molecule is Brc1cccc(NC2=NCC(C3CC3)S2)c1. The van der Waals surface area contributed by atoms with Crippen molar-refractivity contribution in [1.82, 2.24) is 0 Å². The molecule has 1 aliphatic carbocycles. The molecule has 1 aromatic carbocycles. The van der Waals surface area contributed by atoms with Gasteiger partial charge in [0.25, 0.3) is 0 Å². The molecule has 3 rings (SSSR count). The van der Waals surface area contributed by atoms with Crippen LogP contribution in [0.25, 0.3) is 0 Å². The highest BCUT2D eigenvalue weighted by Crippen LogP contribution is 2.41. The monoisotopic (exact) mass is 296 g/mol. The molecule has 1 fully saturated rings. The fourth-order valence-electron chi connectivity index (χ4n) is 1.86. The number of nitrogens with one attached hydrogen (secondary N) is 1. The van der Waals surface area contributed by atoms with Gasteiger partial charge in [0, 0.05) is 15.4 Å². The van der Waals surface area contributed by atoms with Crippen LogP contribution in [0.3, 0.4) is 0 Å². The minimum Gasteiger partial charge on any atom is -0.335 e. The Labute approximate surface area is 108 Å². The summed E-state index contributed by atoms with van der Waals surface area (Å²) < 4.78 is 1.10. The first-order valence-electron chi connectivity index (χ1n) is 5.55. The number of aliphatic imine (C=N–C) groups is 1. The molecule has 2 nitrogen and oxygen atoms in total. The molecule has 1 atom stereocenters. The number of hydrogen-bond acceptors (Lipinski definition) is 3. The van der Waals surface area contributed by atoms with E-state index in [1.165, 1.54) is 12.8 Å². The molecule has 0 saturated heterocycles. The fourth-order valence-corrected chi connectivity index (χ4v) is 3.49. The lowest BCUT2D eigenvalue weighted by molar-refractivity contribution is 0.773. The summed E-state index contributed by atoms with van der Waals surface area (Å²) in [6.45, 7) is 0.992. The Morgan fingerprint density at radius 2 is 2.25 bits per heavy atom. The van der Waals surface area contributed by atoms with Crippen molar-refractivity contribution in [3.05, 3.63) is 28.7 Å². The van der Waals surface area contributed by atoms with E-state index in [0.717, 1.165) is 33.0 Å². The molecule has 0 bridgehead atoms. The van der Waals surface area contributed by atoms with E-state index in [4.69, 9.17) is 0 Å². The van der Waals surface area contributed by atoms with Crippen LogP contribution in [-0.2, 0) is 0 Å². The summed E-state index contributed by atoms with van der Waals surface area (Å²) in [5.74, 6) is 0.926. The van der Waals surface area contributed by atoms with Crippen LogP contribution in [0.5, 0.6) is 0 Å². The van der Waals surface area contributed by atoms with Gasteiger partial charge in [0.2, 0.25) is 0 Å². The van der Waals surface area contributed by atoms with Gasteiger partial charge >= 0.3 is 0 Å². The minimum atomic E-state index is 0.731. The second-order valence-corrected chi connectivity index (χ2v) is 6.42. The van der Waals surface area contributed by atoms with Crippen molar-refractivity contribution in [3.63, 3.8) is 0 Å². The first kappa shape index (κ1) is 10.7. The van der Waals surface area contributed by atoms with Crippen LogP contribution in [-0.4, -0.2) is 17.0 Å². The zero-order chi connectivity index (χ0) is 11.0. The number of benzene rings is 1. The molecule has 0 amide bonds. The van der Waals surface area contributed by atoms with Crippen LogP contribution in [0.2, 0.25) is 0 Å². The van der Waals surface area contributed by atoms with E-state index < -0.39 is 0 Å². The third-order valence-electron chi connectivity index (χ3n) is 2.90. The molecule has 16 heavy (non-hydrogen) atoms. The van der Waals surface area contributed by atoms with E-state index in [2.05, 4.69) is 38.4 Å². The molecular weight excluding hydrogens is 284 g/mol. The Morgan fingerprint density at radius 3 is 3.00 bits per heavy atom. The number of thioether (sulfide) groups is 1. The van der Waals surface area contributed by atoms with Crippen LogP contribution in [0, 0.1) is 5.92 Å². The van der Waals surface area contributed by atoms with Crippen LogP contribution >= 0.6 is 27.7 Å². The molecule has 84 valence electrons. The van der Waals surface area contributed by atoms with E-state index in [0.29, 0.717) is 0 Å². The lowest BCUT2D eigenvalue weighted by atomic mass is 10.3. The lowest BCUT2D eigenvalue weighted by Crippen LogP contribution is -2.08. The summed E-state index contributed by atoms with van der Waals surface area (Å²) in [4.78, 5) is 4.56. The van der Waals surface area contributed by atoms with Crippen LogP contribution in [0.1, 0.15) is 12.8 Å². The molecule has 0 spiro atoms. The number of hydrogen-bond donors (Lipinski definition) is 1. The van der Waals surface area contributed by atoms with Crippen molar-refractivity contribution in [2.24, 2.45) is 10.9 Å². The molecule has 1 heterocycles. The molecule has 0 aromatic heterocycles.